The average molecular weight is 584 g/mol. The Morgan fingerprint density at radius 2 is 1.59 bits per heavy atom. The fraction of sp³-hybridized carbons (Fsp3) is 0.0625. The Bertz CT molecular complexity index is 1830. The molecule has 0 radical (unpaired) electrons. The first-order chi connectivity index (χ1) is 19.9. The van der Waals surface area contributed by atoms with Crippen LogP contribution in [0.15, 0.2) is 107 Å². The van der Waals surface area contributed by atoms with Crippen LogP contribution in [0, 0.1) is 0 Å². The molecule has 1 heterocycles. The second kappa shape index (κ2) is 12.6. The topological polar surface area (TPSA) is 82.8 Å². The van der Waals surface area contributed by atoms with E-state index in [0.717, 1.165) is 5.56 Å². The highest BCUT2D eigenvalue weighted by atomic mass is 35.5. The maximum Gasteiger partial charge on any atom is 0.336 e. The number of para-hydroxylation sites is 1. The van der Waals surface area contributed by atoms with Crippen LogP contribution in [0.4, 0.5) is 0 Å². The molecule has 5 aromatic rings. The Morgan fingerprint density at radius 3 is 2.32 bits per heavy atom. The Hall–Kier alpha value is -4.72. The molecule has 204 valence electrons. The molecule has 7 nitrogen and oxygen atoms in total. The molecule has 5 rings (SSSR count). The van der Waals surface area contributed by atoms with E-state index in [9.17, 15) is 9.59 Å². The Labute approximate surface area is 245 Å². The number of hydrogen-bond acceptors (Lipinski definition) is 6. The molecule has 0 unspecified atom stereocenters. The molecular weight excluding hydrogens is 561 g/mol. The first-order valence-corrected chi connectivity index (χ1v) is 13.4. The van der Waals surface area contributed by atoms with Crippen LogP contribution in [0.25, 0.3) is 28.4 Å². The zero-order valence-corrected chi connectivity index (χ0v) is 23.3. The second-order valence-corrected chi connectivity index (χ2v) is 9.64. The van der Waals surface area contributed by atoms with Gasteiger partial charge in [0.1, 0.15) is 0 Å². The van der Waals surface area contributed by atoms with Crippen molar-refractivity contribution < 1.29 is 14.3 Å². The number of ether oxygens (including phenoxy) is 2. The highest BCUT2D eigenvalue weighted by Crippen LogP contribution is 2.29. The van der Waals surface area contributed by atoms with E-state index >= 15 is 0 Å². The van der Waals surface area contributed by atoms with Crippen molar-refractivity contribution in [3.8, 4) is 22.9 Å². The van der Waals surface area contributed by atoms with Crippen molar-refractivity contribution in [2.45, 2.75) is 6.92 Å². The van der Waals surface area contributed by atoms with Gasteiger partial charge in [-0.3, -0.25) is 4.79 Å². The first-order valence-electron chi connectivity index (χ1n) is 12.7. The largest absolute Gasteiger partial charge is 0.490 e. The lowest BCUT2D eigenvalue weighted by molar-refractivity contribution is -0.129. The van der Waals surface area contributed by atoms with Gasteiger partial charge in [-0.15, -0.1) is 0 Å². The predicted molar refractivity (Wildman–Crippen MR) is 163 cm³/mol. The summed E-state index contributed by atoms with van der Waals surface area (Å²) in [5.74, 6) is 0.404. The molecule has 41 heavy (non-hydrogen) atoms. The summed E-state index contributed by atoms with van der Waals surface area (Å²) in [5.41, 5.74) is 2.34. The third-order valence-electron chi connectivity index (χ3n) is 5.94. The van der Waals surface area contributed by atoms with Gasteiger partial charge in [0.25, 0.3) is 5.56 Å². The third-order valence-corrected chi connectivity index (χ3v) is 6.44. The van der Waals surface area contributed by atoms with Crippen LogP contribution in [0.5, 0.6) is 11.5 Å². The summed E-state index contributed by atoms with van der Waals surface area (Å²) in [5, 5.41) is 6.10. The number of carbonyl (C=O) groups excluding carboxylic acids is 1. The van der Waals surface area contributed by atoms with Gasteiger partial charge >= 0.3 is 5.97 Å². The molecule has 0 atom stereocenters. The summed E-state index contributed by atoms with van der Waals surface area (Å²) in [4.78, 5) is 30.6. The number of aromatic nitrogens is 2. The van der Waals surface area contributed by atoms with Gasteiger partial charge in [0.15, 0.2) is 17.3 Å². The molecule has 0 spiro atoms. The number of rotatable bonds is 8. The lowest BCUT2D eigenvalue weighted by Gasteiger charge is -2.11. The number of halogens is 2. The van der Waals surface area contributed by atoms with Gasteiger partial charge in [-0.1, -0.05) is 47.5 Å². The number of fused-ring (bicyclic) bond motifs is 1. The lowest BCUT2D eigenvalue weighted by Crippen LogP contribution is -2.20. The number of benzene rings is 4. The van der Waals surface area contributed by atoms with Crippen LogP contribution in [0.1, 0.15) is 18.1 Å². The fourth-order valence-electron chi connectivity index (χ4n) is 3.98. The highest BCUT2D eigenvalue weighted by Gasteiger charge is 2.13. The molecule has 1 aromatic heterocycles. The van der Waals surface area contributed by atoms with E-state index in [0.29, 0.717) is 50.3 Å². The van der Waals surface area contributed by atoms with E-state index in [2.05, 4.69) is 5.10 Å². The predicted octanol–water partition coefficient (Wildman–Crippen LogP) is 7.27. The van der Waals surface area contributed by atoms with Gasteiger partial charge in [0.2, 0.25) is 0 Å². The van der Waals surface area contributed by atoms with Gasteiger partial charge in [0, 0.05) is 21.7 Å². The lowest BCUT2D eigenvalue weighted by atomic mass is 10.2. The maximum absolute atomic E-state index is 13.4. The molecule has 0 bridgehead atoms. The van der Waals surface area contributed by atoms with Crippen LogP contribution < -0.4 is 15.0 Å². The van der Waals surface area contributed by atoms with Crippen LogP contribution in [-0.4, -0.2) is 28.5 Å². The summed E-state index contributed by atoms with van der Waals surface area (Å²) in [6, 6.07) is 26.2. The van der Waals surface area contributed by atoms with E-state index in [1.165, 1.54) is 17.0 Å². The van der Waals surface area contributed by atoms with Crippen LogP contribution >= 0.6 is 23.2 Å². The number of esters is 1. The number of hydrogen-bond donors (Lipinski definition) is 0. The zero-order chi connectivity index (χ0) is 28.8. The minimum atomic E-state index is -0.566. The van der Waals surface area contributed by atoms with Crippen LogP contribution in [0.3, 0.4) is 0 Å². The molecule has 0 saturated carbocycles. The van der Waals surface area contributed by atoms with E-state index in [4.69, 9.17) is 37.7 Å². The summed E-state index contributed by atoms with van der Waals surface area (Å²) in [6.07, 6.45) is 4.48. The summed E-state index contributed by atoms with van der Waals surface area (Å²) in [7, 11) is 0. The molecule has 0 aliphatic rings. The minimum absolute atomic E-state index is 0.251. The fourth-order valence-corrected chi connectivity index (χ4v) is 4.23. The van der Waals surface area contributed by atoms with Crippen molar-refractivity contribution in [2.24, 2.45) is 5.10 Å². The third kappa shape index (κ3) is 6.72. The Balaban J connectivity index is 1.45. The number of nitrogens with zero attached hydrogens (tertiary/aromatic N) is 3. The van der Waals surface area contributed by atoms with Crippen molar-refractivity contribution in [1.29, 1.82) is 0 Å². The van der Waals surface area contributed by atoms with Crippen LogP contribution in [-0.2, 0) is 4.79 Å². The summed E-state index contributed by atoms with van der Waals surface area (Å²) < 4.78 is 12.5. The van der Waals surface area contributed by atoms with Crippen molar-refractivity contribution in [1.82, 2.24) is 9.66 Å². The van der Waals surface area contributed by atoms with Gasteiger partial charge in [0.05, 0.1) is 23.7 Å². The average Bonchev–Trinajstić information content (AvgIpc) is 2.98. The Kier molecular flexibility index (Phi) is 8.58. The quantitative estimate of drug-likeness (QED) is 0.0829. The van der Waals surface area contributed by atoms with Gasteiger partial charge in [-0.2, -0.15) is 9.78 Å². The van der Waals surface area contributed by atoms with E-state index < -0.39 is 5.97 Å². The molecule has 0 aliphatic heterocycles. The maximum atomic E-state index is 13.4. The molecular formula is C32H23Cl2N3O4. The molecule has 9 heteroatoms. The molecule has 0 N–H and O–H groups in total. The van der Waals surface area contributed by atoms with Gasteiger partial charge in [-0.05, 0) is 90.9 Å². The van der Waals surface area contributed by atoms with Crippen molar-refractivity contribution in [3.05, 3.63) is 129 Å². The second-order valence-electron chi connectivity index (χ2n) is 8.77. The molecule has 0 fully saturated rings. The van der Waals surface area contributed by atoms with Crippen molar-refractivity contribution in [3.63, 3.8) is 0 Å². The monoisotopic (exact) mass is 583 g/mol. The summed E-state index contributed by atoms with van der Waals surface area (Å²) in [6.45, 7) is 2.17. The molecule has 0 amide bonds. The van der Waals surface area contributed by atoms with Crippen LogP contribution in [0.2, 0.25) is 10.0 Å². The van der Waals surface area contributed by atoms with Gasteiger partial charge in [-0.25, -0.2) is 9.78 Å². The minimum Gasteiger partial charge on any atom is -0.490 e. The first kappa shape index (κ1) is 27.8. The van der Waals surface area contributed by atoms with E-state index in [1.54, 1.807) is 91.0 Å². The van der Waals surface area contributed by atoms with E-state index in [1.807, 2.05) is 13.0 Å². The van der Waals surface area contributed by atoms with Gasteiger partial charge < -0.3 is 9.47 Å². The van der Waals surface area contributed by atoms with E-state index in [-0.39, 0.29) is 11.3 Å². The van der Waals surface area contributed by atoms with Crippen molar-refractivity contribution in [2.75, 3.05) is 6.61 Å². The smallest absolute Gasteiger partial charge is 0.336 e. The zero-order valence-electron chi connectivity index (χ0n) is 21.8. The Morgan fingerprint density at radius 1 is 0.902 bits per heavy atom. The number of carbonyl (C=O) groups is 1. The highest BCUT2D eigenvalue weighted by molar-refractivity contribution is 6.30. The normalized spacial score (nSPS) is 11.4. The SMILES string of the molecule is CCOc1cc(C=Nn2c(-c3ccc(Cl)cc3)nc3ccccc3c2=O)ccc1OC(=O)C=Cc1ccc(Cl)cc1. The summed E-state index contributed by atoms with van der Waals surface area (Å²) >= 11 is 12.0. The molecule has 0 saturated heterocycles. The molecule has 4 aromatic carbocycles. The molecule has 0 aliphatic carbocycles. The van der Waals surface area contributed by atoms with Crippen molar-refractivity contribution >= 4 is 52.4 Å². The standard InChI is InChI=1S/C32H23Cl2N3O4/c1-2-40-29-19-22(9-17-28(29)41-30(38)18-10-21-7-13-24(33)14-8-21)20-35-37-31(23-11-15-25(34)16-12-23)36-27-6-4-3-5-26(27)32(37)39/h3-20H,2H2,1H3.